The van der Waals surface area contributed by atoms with E-state index in [1.807, 2.05) is 0 Å². The van der Waals surface area contributed by atoms with Gasteiger partial charge in [-0.2, -0.15) is 8.78 Å². The summed E-state index contributed by atoms with van der Waals surface area (Å²) >= 11 is 0. The number of hydrogen-bond acceptors (Lipinski definition) is 4. The zero-order valence-electron chi connectivity index (χ0n) is 15.2. The van der Waals surface area contributed by atoms with Crippen molar-refractivity contribution < 1.29 is 27.4 Å². The molecule has 0 unspecified atom stereocenters. The lowest BCUT2D eigenvalue weighted by atomic mass is 10.1. The number of nitrogens with one attached hydrogen (secondary N) is 1. The molecule has 1 N–H and O–H groups in total. The summed E-state index contributed by atoms with van der Waals surface area (Å²) < 4.78 is 49.7. The summed E-state index contributed by atoms with van der Waals surface area (Å²) in [5.41, 5.74) is 1.25. The lowest BCUT2D eigenvalue weighted by Crippen LogP contribution is -2.27. The summed E-state index contributed by atoms with van der Waals surface area (Å²) in [6.45, 7) is -2.86. The van der Waals surface area contributed by atoms with E-state index < -0.39 is 12.5 Å². The maximum atomic E-state index is 13.3. The first-order valence-electron chi connectivity index (χ1n) is 8.41. The normalized spacial score (nSPS) is 11.1. The van der Waals surface area contributed by atoms with Gasteiger partial charge in [-0.1, -0.05) is 0 Å². The van der Waals surface area contributed by atoms with Crippen LogP contribution in [0.25, 0.3) is 11.0 Å². The standard InChI is InChI=1S/C19H18F3N3O3/c1-25-15-6-3-11(20)9-14(15)24-17(25)7-8-23-18(26)13-5-4-12(27-2)10-16(13)28-19(21)22/h3-6,9-10,19H,7-8H2,1-2H3,(H,23,26). The number of carbonyl (C=O) groups is 1. The molecule has 2 aromatic carbocycles. The number of rotatable bonds is 7. The van der Waals surface area contributed by atoms with Crippen LogP contribution >= 0.6 is 0 Å². The molecule has 28 heavy (non-hydrogen) atoms. The van der Waals surface area contributed by atoms with E-state index in [4.69, 9.17) is 4.74 Å². The molecule has 6 nitrogen and oxygen atoms in total. The van der Waals surface area contributed by atoms with Gasteiger partial charge in [-0.15, -0.1) is 0 Å². The second-order valence-corrected chi connectivity index (χ2v) is 5.97. The monoisotopic (exact) mass is 393 g/mol. The maximum absolute atomic E-state index is 13.3. The molecule has 3 rings (SSSR count). The average Bonchev–Trinajstić information content (AvgIpc) is 2.96. The van der Waals surface area contributed by atoms with E-state index in [2.05, 4.69) is 15.0 Å². The van der Waals surface area contributed by atoms with Gasteiger partial charge in [0, 0.05) is 32.1 Å². The highest BCUT2D eigenvalue weighted by atomic mass is 19.3. The van der Waals surface area contributed by atoms with Crippen LogP contribution in [0, 0.1) is 5.82 Å². The summed E-state index contributed by atoms with van der Waals surface area (Å²) in [4.78, 5) is 16.7. The van der Waals surface area contributed by atoms with Crippen LogP contribution in [0.4, 0.5) is 13.2 Å². The molecule has 0 bridgehead atoms. The zero-order chi connectivity index (χ0) is 20.3. The van der Waals surface area contributed by atoms with Crippen LogP contribution in [0.15, 0.2) is 36.4 Å². The number of imidazole rings is 1. The number of ether oxygens (including phenoxy) is 2. The largest absolute Gasteiger partial charge is 0.497 e. The fourth-order valence-corrected chi connectivity index (χ4v) is 2.84. The SMILES string of the molecule is COc1ccc(C(=O)NCCc2nc3cc(F)ccc3n2C)c(OC(F)F)c1. The van der Waals surface area contributed by atoms with Crippen molar-refractivity contribution in [1.29, 1.82) is 0 Å². The lowest BCUT2D eigenvalue weighted by molar-refractivity contribution is -0.0502. The van der Waals surface area contributed by atoms with Gasteiger partial charge in [0.1, 0.15) is 23.1 Å². The van der Waals surface area contributed by atoms with Gasteiger partial charge in [-0.25, -0.2) is 9.37 Å². The fraction of sp³-hybridized carbons (Fsp3) is 0.263. The number of fused-ring (bicyclic) bond motifs is 1. The number of aromatic nitrogens is 2. The highest BCUT2D eigenvalue weighted by molar-refractivity contribution is 5.97. The number of benzene rings is 2. The van der Waals surface area contributed by atoms with Gasteiger partial charge >= 0.3 is 6.61 Å². The average molecular weight is 393 g/mol. The molecular weight excluding hydrogens is 375 g/mol. The molecule has 9 heteroatoms. The van der Waals surface area contributed by atoms with Crippen molar-refractivity contribution in [3.05, 3.63) is 53.6 Å². The first-order valence-corrected chi connectivity index (χ1v) is 8.41. The smallest absolute Gasteiger partial charge is 0.387 e. The molecule has 0 saturated heterocycles. The number of methoxy groups -OCH3 is 1. The number of hydrogen-bond donors (Lipinski definition) is 1. The predicted molar refractivity (Wildman–Crippen MR) is 96.3 cm³/mol. The quantitative estimate of drug-likeness (QED) is 0.669. The molecule has 0 atom stereocenters. The first kappa shape index (κ1) is 19.5. The first-order chi connectivity index (χ1) is 13.4. The third kappa shape index (κ3) is 4.19. The van der Waals surface area contributed by atoms with Crippen molar-refractivity contribution >= 4 is 16.9 Å². The van der Waals surface area contributed by atoms with Crippen LogP contribution in [0.1, 0.15) is 16.2 Å². The zero-order valence-corrected chi connectivity index (χ0v) is 15.2. The molecule has 1 heterocycles. The molecule has 0 aliphatic heterocycles. The Morgan fingerprint density at radius 1 is 1.25 bits per heavy atom. The number of nitrogens with zero attached hydrogens (tertiary/aromatic N) is 2. The van der Waals surface area contributed by atoms with Crippen LogP contribution in [0.3, 0.4) is 0 Å². The summed E-state index contributed by atoms with van der Waals surface area (Å²) in [6.07, 6.45) is 0.375. The maximum Gasteiger partial charge on any atom is 0.387 e. The summed E-state index contributed by atoms with van der Waals surface area (Å²) in [6, 6.07) is 8.37. The third-order valence-electron chi connectivity index (χ3n) is 4.22. The molecule has 148 valence electrons. The number of alkyl halides is 2. The minimum atomic E-state index is -3.07. The Balaban J connectivity index is 1.70. The van der Waals surface area contributed by atoms with Crippen LogP contribution < -0.4 is 14.8 Å². The number of halogens is 3. The minimum Gasteiger partial charge on any atom is -0.497 e. The number of carbonyl (C=O) groups excluding carboxylic acids is 1. The highest BCUT2D eigenvalue weighted by Gasteiger charge is 2.17. The molecule has 3 aromatic rings. The number of amides is 1. The van der Waals surface area contributed by atoms with Gasteiger partial charge < -0.3 is 19.4 Å². The van der Waals surface area contributed by atoms with Crippen molar-refractivity contribution in [1.82, 2.24) is 14.9 Å². The van der Waals surface area contributed by atoms with Crippen molar-refractivity contribution in [2.24, 2.45) is 7.05 Å². The molecule has 0 aliphatic carbocycles. The Bertz CT molecular complexity index is 1000. The van der Waals surface area contributed by atoms with Crippen molar-refractivity contribution in [2.75, 3.05) is 13.7 Å². The van der Waals surface area contributed by atoms with E-state index in [1.54, 1.807) is 17.7 Å². The number of aryl methyl sites for hydroxylation is 1. The van der Waals surface area contributed by atoms with Gasteiger partial charge in [0.15, 0.2) is 0 Å². The van der Waals surface area contributed by atoms with Crippen LogP contribution in [-0.4, -0.2) is 35.7 Å². The van der Waals surface area contributed by atoms with E-state index in [0.717, 1.165) is 5.52 Å². The summed E-state index contributed by atoms with van der Waals surface area (Å²) in [5, 5.41) is 2.65. The summed E-state index contributed by atoms with van der Waals surface area (Å²) in [5.74, 6) is -0.275. The Labute approximate surface area is 158 Å². The van der Waals surface area contributed by atoms with Crippen molar-refractivity contribution in [3.8, 4) is 11.5 Å². The van der Waals surface area contributed by atoms with Crippen LogP contribution in [-0.2, 0) is 13.5 Å². The van der Waals surface area contributed by atoms with Crippen molar-refractivity contribution in [3.63, 3.8) is 0 Å². The molecule has 0 saturated carbocycles. The predicted octanol–water partition coefficient (Wildman–Crippen LogP) is 3.29. The van der Waals surface area contributed by atoms with E-state index in [1.165, 1.54) is 37.4 Å². The summed E-state index contributed by atoms with van der Waals surface area (Å²) in [7, 11) is 3.17. The van der Waals surface area contributed by atoms with E-state index in [0.29, 0.717) is 23.5 Å². The van der Waals surface area contributed by atoms with Gasteiger partial charge in [0.05, 0.1) is 23.7 Å². The molecule has 1 aromatic heterocycles. The molecule has 0 spiro atoms. The fourth-order valence-electron chi connectivity index (χ4n) is 2.84. The highest BCUT2D eigenvalue weighted by Crippen LogP contribution is 2.26. The third-order valence-corrected chi connectivity index (χ3v) is 4.22. The molecule has 0 aliphatic rings. The lowest BCUT2D eigenvalue weighted by Gasteiger charge is -2.12. The molecule has 0 fully saturated rings. The van der Waals surface area contributed by atoms with Crippen molar-refractivity contribution in [2.45, 2.75) is 13.0 Å². The topological polar surface area (TPSA) is 65.4 Å². The van der Waals surface area contributed by atoms with E-state index in [-0.39, 0.29) is 23.7 Å². The Kier molecular flexibility index (Phi) is 5.72. The van der Waals surface area contributed by atoms with Crippen LogP contribution in [0.5, 0.6) is 11.5 Å². The Morgan fingerprint density at radius 3 is 2.75 bits per heavy atom. The second-order valence-electron chi connectivity index (χ2n) is 5.97. The van der Waals surface area contributed by atoms with Crippen LogP contribution in [0.2, 0.25) is 0 Å². The van der Waals surface area contributed by atoms with Gasteiger partial charge in [0.25, 0.3) is 5.91 Å². The Hall–Kier alpha value is -3.23. The molecular formula is C19H18F3N3O3. The molecule has 0 radical (unpaired) electrons. The minimum absolute atomic E-state index is 0.0341. The second kappa shape index (κ2) is 8.20. The van der Waals surface area contributed by atoms with Gasteiger partial charge in [-0.3, -0.25) is 4.79 Å². The van der Waals surface area contributed by atoms with Gasteiger partial charge in [0.2, 0.25) is 0 Å². The molecule has 1 amide bonds. The van der Waals surface area contributed by atoms with E-state index in [9.17, 15) is 18.0 Å². The van der Waals surface area contributed by atoms with Gasteiger partial charge in [-0.05, 0) is 24.3 Å². The van der Waals surface area contributed by atoms with E-state index >= 15 is 0 Å². The Morgan fingerprint density at radius 2 is 2.04 bits per heavy atom.